The van der Waals surface area contributed by atoms with Crippen LogP contribution in [-0.2, 0) is 11.3 Å². The summed E-state index contributed by atoms with van der Waals surface area (Å²) in [5.74, 6) is 0.512. The molecule has 1 aliphatic carbocycles. The van der Waals surface area contributed by atoms with E-state index in [1.165, 1.54) is 12.8 Å². The van der Waals surface area contributed by atoms with Gasteiger partial charge in [0, 0.05) is 57.8 Å². The molecule has 2 fully saturated rings. The second kappa shape index (κ2) is 8.31. The summed E-state index contributed by atoms with van der Waals surface area (Å²) in [6.45, 7) is 2.76. The van der Waals surface area contributed by atoms with Gasteiger partial charge in [0.2, 0.25) is 5.91 Å². The zero-order valence-corrected chi connectivity index (χ0v) is 14.9. The normalized spacial score (nSPS) is 21.1. The van der Waals surface area contributed by atoms with Gasteiger partial charge >= 0.3 is 6.03 Å². The van der Waals surface area contributed by atoms with Crippen molar-refractivity contribution in [3.05, 3.63) is 12.4 Å². The van der Waals surface area contributed by atoms with E-state index in [2.05, 4.69) is 20.5 Å². The third-order valence-corrected chi connectivity index (χ3v) is 5.19. The van der Waals surface area contributed by atoms with Gasteiger partial charge in [-0.15, -0.1) is 5.10 Å². The first kappa shape index (κ1) is 17.7. The molecule has 8 nitrogen and oxygen atoms in total. The highest BCUT2D eigenvalue weighted by Gasteiger charge is 2.36. The maximum Gasteiger partial charge on any atom is 0.317 e. The molecule has 2 heterocycles. The fourth-order valence-electron chi connectivity index (χ4n) is 3.89. The Bertz CT molecular complexity index is 570. The van der Waals surface area contributed by atoms with E-state index in [0.717, 1.165) is 32.4 Å². The standard InChI is InChI=1S/C17H28N6O2/c1-21(17(25)18-7-4-9-22-10-8-19-20-22)12-14-11-16(24)23(13-14)15-5-2-3-6-15/h8,10,14-15H,2-7,9,11-13H2,1H3,(H,18,25)/t14-/m1/s1. The van der Waals surface area contributed by atoms with E-state index in [1.807, 2.05) is 0 Å². The molecule has 138 valence electrons. The minimum Gasteiger partial charge on any atom is -0.339 e. The number of aryl methyl sites for hydroxylation is 1. The quantitative estimate of drug-likeness (QED) is 0.748. The van der Waals surface area contributed by atoms with E-state index in [0.29, 0.717) is 25.6 Å². The van der Waals surface area contributed by atoms with Crippen LogP contribution >= 0.6 is 0 Å². The number of rotatable bonds is 7. The molecule has 1 atom stereocenters. The second-order valence-corrected chi connectivity index (χ2v) is 7.19. The first-order chi connectivity index (χ1) is 12.1. The van der Waals surface area contributed by atoms with Crippen LogP contribution in [0.15, 0.2) is 12.4 Å². The summed E-state index contributed by atoms with van der Waals surface area (Å²) in [6, 6.07) is 0.360. The first-order valence-electron chi connectivity index (χ1n) is 9.26. The van der Waals surface area contributed by atoms with Crippen LogP contribution in [0.5, 0.6) is 0 Å². The maximum absolute atomic E-state index is 12.2. The molecule has 0 spiro atoms. The summed E-state index contributed by atoms with van der Waals surface area (Å²) in [5.41, 5.74) is 0. The van der Waals surface area contributed by atoms with Crippen LogP contribution in [-0.4, -0.2) is 69.5 Å². The Hall–Kier alpha value is -2.12. The Morgan fingerprint density at radius 1 is 1.40 bits per heavy atom. The van der Waals surface area contributed by atoms with E-state index >= 15 is 0 Å². The van der Waals surface area contributed by atoms with Crippen LogP contribution < -0.4 is 5.32 Å². The molecule has 3 rings (SSSR count). The van der Waals surface area contributed by atoms with Crippen LogP contribution in [0.1, 0.15) is 38.5 Å². The number of likely N-dealkylation sites (tertiary alicyclic amines) is 1. The summed E-state index contributed by atoms with van der Waals surface area (Å²) in [6.07, 6.45) is 9.57. The molecule has 0 radical (unpaired) electrons. The maximum atomic E-state index is 12.2. The predicted octanol–water partition coefficient (Wildman–Crippen LogP) is 1.10. The molecule has 1 aromatic rings. The van der Waals surface area contributed by atoms with Gasteiger partial charge in [-0.3, -0.25) is 9.48 Å². The van der Waals surface area contributed by atoms with Crippen LogP contribution in [0.3, 0.4) is 0 Å². The van der Waals surface area contributed by atoms with Gasteiger partial charge in [0.05, 0.1) is 6.20 Å². The van der Waals surface area contributed by atoms with Crippen LogP contribution in [0.4, 0.5) is 4.79 Å². The van der Waals surface area contributed by atoms with Crippen molar-refractivity contribution in [3.63, 3.8) is 0 Å². The number of nitrogens with zero attached hydrogens (tertiary/aromatic N) is 5. The third kappa shape index (κ3) is 4.70. The van der Waals surface area contributed by atoms with Crippen molar-refractivity contribution in [1.82, 2.24) is 30.1 Å². The lowest BCUT2D eigenvalue weighted by molar-refractivity contribution is -0.129. The van der Waals surface area contributed by atoms with Gasteiger partial charge in [-0.25, -0.2) is 4.79 Å². The molecular formula is C17H28N6O2. The first-order valence-corrected chi connectivity index (χ1v) is 9.26. The molecule has 0 aromatic carbocycles. The van der Waals surface area contributed by atoms with Crippen molar-refractivity contribution in [2.24, 2.45) is 5.92 Å². The van der Waals surface area contributed by atoms with Crippen LogP contribution in [0, 0.1) is 5.92 Å². The van der Waals surface area contributed by atoms with Gasteiger partial charge in [0.15, 0.2) is 0 Å². The smallest absolute Gasteiger partial charge is 0.317 e. The molecule has 1 aliphatic heterocycles. The number of urea groups is 1. The largest absolute Gasteiger partial charge is 0.339 e. The fraction of sp³-hybridized carbons (Fsp3) is 0.765. The molecule has 2 aliphatic rings. The summed E-state index contributed by atoms with van der Waals surface area (Å²) < 4.78 is 1.75. The minimum absolute atomic E-state index is 0.0784. The lowest BCUT2D eigenvalue weighted by Gasteiger charge is -2.25. The zero-order chi connectivity index (χ0) is 17.6. The van der Waals surface area contributed by atoms with Crippen molar-refractivity contribution < 1.29 is 9.59 Å². The Labute approximate surface area is 148 Å². The number of amides is 3. The molecule has 3 amide bonds. The highest BCUT2D eigenvalue weighted by molar-refractivity contribution is 5.79. The summed E-state index contributed by atoms with van der Waals surface area (Å²) in [5, 5.41) is 10.6. The average Bonchev–Trinajstić information content (AvgIpc) is 3.33. The topological polar surface area (TPSA) is 83.4 Å². The Morgan fingerprint density at radius 3 is 2.92 bits per heavy atom. The molecule has 8 heteroatoms. The Morgan fingerprint density at radius 2 is 2.20 bits per heavy atom. The van der Waals surface area contributed by atoms with Gasteiger partial charge in [0.1, 0.15) is 0 Å². The summed E-state index contributed by atoms with van der Waals surface area (Å²) >= 11 is 0. The van der Waals surface area contributed by atoms with Gasteiger partial charge in [-0.2, -0.15) is 0 Å². The molecule has 1 N–H and O–H groups in total. The van der Waals surface area contributed by atoms with Crippen molar-refractivity contribution in [2.75, 3.05) is 26.7 Å². The van der Waals surface area contributed by atoms with Gasteiger partial charge in [0.25, 0.3) is 0 Å². The minimum atomic E-state index is -0.0784. The van der Waals surface area contributed by atoms with E-state index < -0.39 is 0 Å². The number of aromatic nitrogens is 3. The lowest BCUT2D eigenvalue weighted by Crippen LogP contribution is -2.41. The van der Waals surface area contributed by atoms with E-state index in [1.54, 1.807) is 29.0 Å². The Kier molecular flexibility index (Phi) is 5.88. The molecule has 0 bridgehead atoms. The molecule has 25 heavy (non-hydrogen) atoms. The molecule has 1 saturated carbocycles. The SMILES string of the molecule is CN(C[C@H]1CC(=O)N(C2CCCC2)C1)C(=O)NCCCn1ccnn1. The van der Waals surface area contributed by atoms with Crippen molar-refractivity contribution >= 4 is 11.9 Å². The van der Waals surface area contributed by atoms with Crippen molar-refractivity contribution in [2.45, 2.75) is 51.1 Å². The number of hydrogen-bond donors (Lipinski definition) is 1. The van der Waals surface area contributed by atoms with Crippen LogP contribution in [0.2, 0.25) is 0 Å². The van der Waals surface area contributed by atoms with E-state index in [-0.39, 0.29) is 17.9 Å². The summed E-state index contributed by atoms with van der Waals surface area (Å²) in [7, 11) is 1.80. The third-order valence-electron chi connectivity index (χ3n) is 5.19. The average molecular weight is 348 g/mol. The molecule has 0 unspecified atom stereocenters. The Balaban J connectivity index is 1.35. The number of nitrogens with one attached hydrogen (secondary N) is 1. The second-order valence-electron chi connectivity index (χ2n) is 7.19. The molecule has 1 saturated heterocycles. The van der Waals surface area contributed by atoms with Gasteiger partial charge < -0.3 is 15.1 Å². The highest BCUT2D eigenvalue weighted by Crippen LogP contribution is 2.29. The highest BCUT2D eigenvalue weighted by atomic mass is 16.2. The van der Waals surface area contributed by atoms with Crippen molar-refractivity contribution in [3.8, 4) is 0 Å². The predicted molar refractivity (Wildman–Crippen MR) is 92.7 cm³/mol. The lowest BCUT2D eigenvalue weighted by atomic mass is 10.1. The molecular weight excluding hydrogens is 320 g/mol. The number of carbonyl (C=O) groups excluding carboxylic acids is 2. The molecule has 1 aromatic heterocycles. The van der Waals surface area contributed by atoms with Crippen molar-refractivity contribution in [1.29, 1.82) is 0 Å². The fourth-order valence-corrected chi connectivity index (χ4v) is 3.89. The zero-order valence-electron chi connectivity index (χ0n) is 14.9. The van der Waals surface area contributed by atoms with E-state index in [9.17, 15) is 9.59 Å². The number of carbonyl (C=O) groups is 2. The van der Waals surface area contributed by atoms with Gasteiger partial charge in [-0.05, 0) is 19.3 Å². The van der Waals surface area contributed by atoms with Gasteiger partial charge in [-0.1, -0.05) is 18.1 Å². The summed E-state index contributed by atoms with van der Waals surface area (Å²) in [4.78, 5) is 28.2. The monoisotopic (exact) mass is 348 g/mol. The number of hydrogen-bond acceptors (Lipinski definition) is 4. The van der Waals surface area contributed by atoms with Crippen LogP contribution in [0.25, 0.3) is 0 Å². The van der Waals surface area contributed by atoms with E-state index in [4.69, 9.17) is 0 Å².